The molecule has 1 unspecified atom stereocenters. The van der Waals surface area contributed by atoms with Gasteiger partial charge in [-0.15, -0.1) is 0 Å². The van der Waals surface area contributed by atoms with Crippen molar-refractivity contribution >= 4 is 32.5 Å². The van der Waals surface area contributed by atoms with Gasteiger partial charge in [0.2, 0.25) is 0 Å². The lowest BCUT2D eigenvalue weighted by Crippen LogP contribution is -2.06. The van der Waals surface area contributed by atoms with E-state index in [0.717, 1.165) is 9.37 Å². The first-order valence-corrected chi connectivity index (χ1v) is 8.00. The van der Waals surface area contributed by atoms with Crippen LogP contribution in [-0.2, 0) is 10.8 Å². The standard InChI is InChI=1S/C15H13BrO2S/c16-13-7-4-8-14(11-13)19(18)10-9-15(17)12-5-2-1-3-6-12/h1-8,11H,9-10H2. The molecule has 19 heavy (non-hydrogen) atoms. The van der Waals surface area contributed by atoms with E-state index in [0.29, 0.717) is 17.7 Å². The summed E-state index contributed by atoms with van der Waals surface area (Å²) >= 11 is 3.35. The normalized spacial score (nSPS) is 12.1. The molecule has 0 fully saturated rings. The van der Waals surface area contributed by atoms with Crippen LogP contribution in [0.1, 0.15) is 16.8 Å². The van der Waals surface area contributed by atoms with Gasteiger partial charge in [0.25, 0.3) is 0 Å². The van der Waals surface area contributed by atoms with Crippen molar-refractivity contribution in [1.82, 2.24) is 0 Å². The average molecular weight is 337 g/mol. The van der Waals surface area contributed by atoms with Gasteiger partial charge >= 0.3 is 0 Å². The fourth-order valence-electron chi connectivity index (χ4n) is 1.68. The van der Waals surface area contributed by atoms with E-state index in [-0.39, 0.29) is 5.78 Å². The molecule has 0 radical (unpaired) electrons. The molecule has 0 aromatic heterocycles. The molecule has 0 aliphatic rings. The molecule has 2 nitrogen and oxygen atoms in total. The van der Waals surface area contributed by atoms with Crippen molar-refractivity contribution in [2.24, 2.45) is 0 Å². The Morgan fingerprint density at radius 3 is 2.47 bits per heavy atom. The van der Waals surface area contributed by atoms with E-state index in [2.05, 4.69) is 15.9 Å². The highest BCUT2D eigenvalue weighted by atomic mass is 79.9. The van der Waals surface area contributed by atoms with Gasteiger partial charge < -0.3 is 0 Å². The summed E-state index contributed by atoms with van der Waals surface area (Å²) in [6.07, 6.45) is 0.295. The first-order valence-electron chi connectivity index (χ1n) is 5.89. The lowest BCUT2D eigenvalue weighted by Gasteiger charge is -2.03. The Labute approximate surface area is 123 Å². The van der Waals surface area contributed by atoms with Crippen LogP contribution in [0.15, 0.2) is 64.0 Å². The van der Waals surface area contributed by atoms with Crippen molar-refractivity contribution in [2.45, 2.75) is 11.3 Å². The highest BCUT2D eigenvalue weighted by molar-refractivity contribution is 9.10. The molecule has 1 atom stereocenters. The van der Waals surface area contributed by atoms with Gasteiger partial charge in [0, 0.05) is 27.1 Å². The molecule has 0 N–H and O–H groups in total. The van der Waals surface area contributed by atoms with E-state index in [9.17, 15) is 9.00 Å². The zero-order valence-electron chi connectivity index (χ0n) is 10.2. The van der Waals surface area contributed by atoms with Crippen molar-refractivity contribution in [3.05, 3.63) is 64.6 Å². The molecular formula is C15H13BrO2S. The predicted molar refractivity (Wildman–Crippen MR) is 80.8 cm³/mol. The number of hydrogen-bond acceptors (Lipinski definition) is 2. The molecule has 0 amide bonds. The van der Waals surface area contributed by atoms with E-state index < -0.39 is 10.8 Å². The average Bonchev–Trinajstić information content (AvgIpc) is 2.45. The molecule has 0 aliphatic carbocycles. The summed E-state index contributed by atoms with van der Waals surface area (Å²) in [5.74, 6) is 0.383. The smallest absolute Gasteiger partial charge is 0.163 e. The van der Waals surface area contributed by atoms with Crippen LogP contribution in [0.4, 0.5) is 0 Å². The van der Waals surface area contributed by atoms with Crippen molar-refractivity contribution in [1.29, 1.82) is 0 Å². The molecule has 0 saturated heterocycles. The molecule has 0 aliphatic heterocycles. The van der Waals surface area contributed by atoms with Crippen LogP contribution >= 0.6 is 15.9 Å². The molecular weight excluding hydrogens is 324 g/mol. The largest absolute Gasteiger partial charge is 0.294 e. The lowest BCUT2D eigenvalue weighted by atomic mass is 10.1. The monoisotopic (exact) mass is 336 g/mol. The quantitative estimate of drug-likeness (QED) is 0.777. The third kappa shape index (κ3) is 4.11. The molecule has 98 valence electrons. The Balaban J connectivity index is 1.96. The maximum absolute atomic E-state index is 12.1. The molecule has 0 saturated carbocycles. The van der Waals surface area contributed by atoms with E-state index in [1.807, 2.05) is 42.5 Å². The summed E-state index contributed by atoms with van der Waals surface area (Å²) in [5, 5.41) is 0. The minimum absolute atomic E-state index is 0.0314. The Kier molecular flexibility index (Phi) is 5.05. The van der Waals surface area contributed by atoms with Crippen LogP contribution < -0.4 is 0 Å². The lowest BCUT2D eigenvalue weighted by molar-refractivity contribution is 0.0989. The van der Waals surface area contributed by atoms with Gasteiger partial charge in [0.15, 0.2) is 5.78 Å². The molecule has 0 heterocycles. The fourth-order valence-corrected chi connectivity index (χ4v) is 3.33. The molecule has 0 spiro atoms. The first kappa shape index (κ1) is 14.2. The summed E-state index contributed by atoms with van der Waals surface area (Å²) < 4.78 is 13.0. The maximum Gasteiger partial charge on any atom is 0.163 e. The predicted octanol–water partition coefficient (Wildman–Crippen LogP) is 3.83. The minimum Gasteiger partial charge on any atom is -0.294 e. The summed E-state index contributed by atoms with van der Waals surface area (Å²) in [4.78, 5) is 12.6. The maximum atomic E-state index is 12.1. The fraction of sp³-hybridized carbons (Fsp3) is 0.133. The number of ketones is 1. The van der Waals surface area contributed by atoms with E-state index in [4.69, 9.17) is 0 Å². The molecule has 2 aromatic carbocycles. The molecule has 2 rings (SSSR count). The van der Waals surface area contributed by atoms with Crippen LogP contribution in [0, 0.1) is 0 Å². The van der Waals surface area contributed by atoms with Crippen LogP contribution in [0.2, 0.25) is 0 Å². The van der Waals surface area contributed by atoms with Crippen LogP contribution in [0.25, 0.3) is 0 Å². The van der Waals surface area contributed by atoms with Crippen molar-refractivity contribution < 1.29 is 9.00 Å². The first-order chi connectivity index (χ1) is 9.16. The second-order valence-corrected chi connectivity index (χ2v) is 6.53. The highest BCUT2D eigenvalue weighted by Crippen LogP contribution is 2.15. The second-order valence-electron chi connectivity index (χ2n) is 4.05. The minimum atomic E-state index is -1.14. The number of carbonyl (C=O) groups excluding carboxylic acids is 1. The number of carbonyl (C=O) groups is 1. The van der Waals surface area contributed by atoms with Crippen molar-refractivity contribution in [3.63, 3.8) is 0 Å². The van der Waals surface area contributed by atoms with E-state index in [1.54, 1.807) is 12.1 Å². The zero-order chi connectivity index (χ0) is 13.7. The topological polar surface area (TPSA) is 34.1 Å². The molecule has 2 aromatic rings. The van der Waals surface area contributed by atoms with Gasteiger partial charge in [-0.05, 0) is 18.2 Å². The van der Waals surface area contributed by atoms with Crippen LogP contribution in [0.5, 0.6) is 0 Å². The summed E-state index contributed by atoms with van der Waals surface area (Å²) in [6.45, 7) is 0. The third-order valence-corrected chi connectivity index (χ3v) is 4.52. The number of benzene rings is 2. The summed E-state index contributed by atoms with van der Waals surface area (Å²) in [7, 11) is -1.14. The molecule has 0 bridgehead atoms. The number of rotatable bonds is 5. The van der Waals surface area contributed by atoms with Crippen molar-refractivity contribution in [3.8, 4) is 0 Å². The Morgan fingerprint density at radius 1 is 1.05 bits per heavy atom. The zero-order valence-corrected chi connectivity index (χ0v) is 12.6. The number of Topliss-reactive ketones (excluding diaryl/α,β-unsaturated/α-hetero) is 1. The van der Waals surface area contributed by atoms with Gasteiger partial charge in [0.1, 0.15) is 0 Å². The second kappa shape index (κ2) is 6.78. The number of halogens is 1. The van der Waals surface area contributed by atoms with Gasteiger partial charge in [-0.3, -0.25) is 9.00 Å². The van der Waals surface area contributed by atoms with Crippen LogP contribution in [0.3, 0.4) is 0 Å². The summed E-state index contributed by atoms with van der Waals surface area (Å²) in [5.41, 5.74) is 0.675. The van der Waals surface area contributed by atoms with Gasteiger partial charge in [0.05, 0.1) is 10.8 Å². The summed E-state index contributed by atoms with van der Waals surface area (Å²) in [6, 6.07) is 16.5. The Bertz CT molecular complexity index is 596. The Morgan fingerprint density at radius 2 is 1.79 bits per heavy atom. The highest BCUT2D eigenvalue weighted by Gasteiger charge is 2.09. The van der Waals surface area contributed by atoms with E-state index >= 15 is 0 Å². The SMILES string of the molecule is O=C(CCS(=O)c1cccc(Br)c1)c1ccccc1. The van der Waals surface area contributed by atoms with E-state index in [1.165, 1.54) is 0 Å². The van der Waals surface area contributed by atoms with Crippen molar-refractivity contribution in [2.75, 3.05) is 5.75 Å². The third-order valence-electron chi connectivity index (χ3n) is 2.67. The van der Waals surface area contributed by atoms with Gasteiger partial charge in [-0.2, -0.15) is 0 Å². The van der Waals surface area contributed by atoms with Gasteiger partial charge in [-0.25, -0.2) is 0 Å². The number of hydrogen-bond donors (Lipinski definition) is 0. The Hall–Kier alpha value is -1.26. The van der Waals surface area contributed by atoms with Gasteiger partial charge in [-0.1, -0.05) is 52.3 Å². The van der Waals surface area contributed by atoms with Crippen LogP contribution in [-0.4, -0.2) is 15.7 Å². The molecule has 4 heteroatoms.